The van der Waals surface area contributed by atoms with Crippen LogP contribution in [0.5, 0.6) is 0 Å². The molecule has 2 aromatic rings. The van der Waals surface area contributed by atoms with Crippen molar-refractivity contribution in [1.82, 2.24) is 15.2 Å². The maximum absolute atomic E-state index is 13.2. The van der Waals surface area contributed by atoms with Crippen LogP contribution in [-0.4, -0.2) is 53.6 Å². The molecule has 3 atom stereocenters. The van der Waals surface area contributed by atoms with Gasteiger partial charge in [0, 0.05) is 37.1 Å². The number of H-pyrrole nitrogens is 1. The molecule has 0 saturated heterocycles. The second-order valence-electron chi connectivity index (χ2n) is 9.08. The zero-order valence-electron chi connectivity index (χ0n) is 19.5. The van der Waals surface area contributed by atoms with Crippen molar-refractivity contribution in [2.45, 2.75) is 71.4 Å². The van der Waals surface area contributed by atoms with E-state index < -0.39 is 0 Å². The molecule has 1 aromatic heterocycles. The number of aryl methyl sites for hydroxylation is 1. The van der Waals surface area contributed by atoms with Gasteiger partial charge in [0.05, 0.1) is 12.1 Å². The number of carbonyl (C=O) groups excluding carboxylic acids is 2. The second kappa shape index (κ2) is 10.1. The van der Waals surface area contributed by atoms with Crippen LogP contribution < -0.4 is 5.32 Å². The van der Waals surface area contributed by atoms with Gasteiger partial charge in [-0.15, -0.1) is 0 Å². The van der Waals surface area contributed by atoms with Crippen LogP contribution in [0.2, 0.25) is 0 Å². The fourth-order valence-corrected chi connectivity index (χ4v) is 4.44. The van der Waals surface area contributed by atoms with Crippen molar-refractivity contribution in [2.75, 3.05) is 14.1 Å². The lowest BCUT2D eigenvalue weighted by Crippen LogP contribution is -2.47. The van der Waals surface area contributed by atoms with E-state index in [4.69, 9.17) is 4.99 Å². The molecule has 6 nitrogen and oxygen atoms in total. The van der Waals surface area contributed by atoms with Crippen molar-refractivity contribution < 1.29 is 9.59 Å². The predicted octanol–water partition coefficient (Wildman–Crippen LogP) is 4.48. The van der Waals surface area contributed by atoms with Crippen molar-refractivity contribution >= 4 is 28.4 Å². The Balaban J connectivity index is 1.84. The summed E-state index contributed by atoms with van der Waals surface area (Å²) in [5, 5.41) is 4.25. The number of aliphatic imine (C=N–C) groups is 1. The Hall–Kier alpha value is -2.63. The average molecular weight is 425 g/mol. The Morgan fingerprint density at radius 2 is 2.10 bits per heavy atom. The molecule has 0 aliphatic carbocycles. The van der Waals surface area contributed by atoms with Crippen LogP contribution in [0.15, 0.2) is 29.3 Å². The van der Waals surface area contributed by atoms with E-state index in [1.165, 1.54) is 5.71 Å². The number of hydrogen-bond acceptors (Lipinski definition) is 3. The number of nitrogens with zero attached hydrogens (tertiary/aromatic N) is 2. The van der Waals surface area contributed by atoms with Crippen LogP contribution in [0.1, 0.15) is 68.4 Å². The molecule has 1 aromatic carbocycles. The number of para-hydroxylation sites is 1. The number of hydrogen-bond donors (Lipinski definition) is 2. The van der Waals surface area contributed by atoms with Crippen LogP contribution >= 0.6 is 0 Å². The van der Waals surface area contributed by atoms with Crippen LogP contribution in [0, 0.1) is 12.8 Å². The van der Waals surface area contributed by atoms with E-state index in [1.54, 1.807) is 19.0 Å². The number of rotatable bonds is 8. The van der Waals surface area contributed by atoms with Crippen molar-refractivity contribution in [3.05, 3.63) is 35.5 Å². The van der Waals surface area contributed by atoms with Gasteiger partial charge in [-0.2, -0.15) is 0 Å². The molecule has 0 saturated carbocycles. The quantitative estimate of drug-likeness (QED) is 0.655. The summed E-state index contributed by atoms with van der Waals surface area (Å²) in [6.45, 7) is 6.41. The van der Waals surface area contributed by atoms with Gasteiger partial charge < -0.3 is 15.2 Å². The monoisotopic (exact) mass is 424 g/mol. The van der Waals surface area contributed by atoms with Crippen molar-refractivity contribution in [2.24, 2.45) is 10.9 Å². The second-order valence-corrected chi connectivity index (χ2v) is 9.08. The molecule has 2 amide bonds. The molecule has 3 rings (SSSR count). The Kier molecular flexibility index (Phi) is 7.52. The van der Waals surface area contributed by atoms with E-state index in [0.717, 1.165) is 42.1 Å². The summed E-state index contributed by atoms with van der Waals surface area (Å²) in [7, 11) is 3.53. The van der Waals surface area contributed by atoms with Crippen LogP contribution in [0.25, 0.3) is 10.9 Å². The summed E-state index contributed by atoms with van der Waals surface area (Å²) < 4.78 is 0. The Bertz CT molecular complexity index is 960. The highest BCUT2D eigenvalue weighted by Gasteiger charge is 2.32. The predicted molar refractivity (Wildman–Crippen MR) is 127 cm³/mol. The molecular formula is C25H36N4O2. The fraction of sp³-hybridized carbons (Fsp3) is 0.560. The fourth-order valence-electron chi connectivity index (χ4n) is 4.44. The normalized spacial score (nSPS) is 19.7. The molecule has 1 aliphatic rings. The number of aromatic amines is 1. The van der Waals surface area contributed by atoms with E-state index in [-0.39, 0.29) is 23.9 Å². The number of benzene rings is 1. The third-order valence-corrected chi connectivity index (χ3v) is 6.35. The number of nitrogens with one attached hydrogen (secondary N) is 2. The molecule has 31 heavy (non-hydrogen) atoms. The largest absolute Gasteiger partial charge is 0.350 e. The highest BCUT2D eigenvalue weighted by atomic mass is 16.2. The van der Waals surface area contributed by atoms with Crippen LogP contribution in [-0.2, 0) is 4.79 Å². The van der Waals surface area contributed by atoms with Crippen molar-refractivity contribution in [3.8, 4) is 0 Å². The van der Waals surface area contributed by atoms with Gasteiger partial charge in [0.1, 0.15) is 5.69 Å². The van der Waals surface area contributed by atoms with Crippen LogP contribution in [0.4, 0.5) is 0 Å². The van der Waals surface area contributed by atoms with Crippen LogP contribution in [0.3, 0.4) is 0 Å². The van der Waals surface area contributed by atoms with Gasteiger partial charge >= 0.3 is 0 Å². The lowest BCUT2D eigenvalue weighted by atomic mass is 9.85. The molecule has 2 heterocycles. The zero-order chi connectivity index (χ0) is 22.5. The van der Waals surface area contributed by atoms with Gasteiger partial charge in [-0.05, 0) is 50.2 Å². The molecule has 0 spiro atoms. The zero-order valence-corrected chi connectivity index (χ0v) is 19.5. The lowest BCUT2D eigenvalue weighted by molar-refractivity contribution is -0.128. The minimum atomic E-state index is -0.175. The molecule has 0 radical (unpaired) electrons. The SMILES string of the molecule is CCCC1=NC(C(CCC(=O)N(C)C)NC(=O)c2cc3cccc(C)c3[nH]2)C(C)CC1. The smallest absolute Gasteiger partial charge is 0.268 e. The topological polar surface area (TPSA) is 77.6 Å². The van der Waals surface area contributed by atoms with Gasteiger partial charge in [0.25, 0.3) is 5.91 Å². The van der Waals surface area contributed by atoms with Crippen molar-refractivity contribution in [1.29, 1.82) is 0 Å². The average Bonchev–Trinajstić information content (AvgIpc) is 3.18. The minimum absolute atomic E-state index is 0.000303. The first-order chi connectivity index (χ1) is 14.8. The Morgan fingerprint density at radius 1 is 1.32 bits per heavy atom. The third-order valence-electron chi connectivity index (χ3n) is 6.35. The number of aromatic nitrogens is 1. The minimum Gasteiger partial charge on any atom is -0.350 e. The van der Waals surface area contributed by atoms with Gasteiger partial charge in [-0.1, -0.05) is 38.5 Å². The molecule has 0 bridgehead atoms. The van der Waals surface area contributed by atoms with Gasteiger partial charge in [0.15, 0.2) is 0 Å². The van der Waals surface area contributed by atoms with Gasteiger partial charge in [-0.25, -0.2) is 0 Å². The molecule has 1 aliphatic heterocycles. The summed E-state index contributed by atoms with van der Waals surface area (Å²) in [4.78, 5) is 35.4. The molecule has 168 valence electrons. The highest BCUT2D eigenvalue weighted by molar-refractivity contribution is 5.99. The number of carbonyl (C=O) groups is 2. The maximum atomic E-state index is 13.2. The van der Waals surface area contributed by atoms with E-state index >= 15 is 0 Å². The Labute approximate surface area is 185 Å². The summed E-state index contributed by atoms with van der Waals surface area (Å²) in [6, 6.07) is 7.76. The van der Waals surface area contributed by atoms with E-state index in [2.05, 4.69) is 24.1 Å². The highest BCUT2D eigenvalue weighted by Crippen LogP contribution is 2.27. The first-order valence-corrected chi connectivity index (χ1v) is 11.4. The molecule has 6 heteroatoms. The molecule has 3 unspecified atom stereocenters. The summed E-state index contributed by atoms with van der Waals surface area (Å²) in [5.41, 5.74) is 3.89. The molecule has 0 fully saturated rings. The first-order valence-electron chi connectivity index (χ1n) is 11.4. The number of fused-ring (bicyclic) bond motifs is 1. The van der Waals surface area contributed by atoms with Gasteiger partial charge in [-0.3, -0.25) is 14.6 Å². The first kappa shape index (κ1) is 23.0. The van der Waals surface area contributed by atoms with Crippen molar-refractivity contribution in [3.63, 3.8) is 0 Å². The van der Waals surface area contributed by atoms with Gasteiger partial charge in [0.2, 0.25) is 5.91 Å². The van der Waals surface area contributed by atoms with E-state index in [0.29, 0.717) is 24.5 Å². The standard InChI is InChI=1S/C25H36N4O2/c1-6-8-19-12-11-17(3)24(26-19)20(13-14-22(30)29(4)5)28-25(31)21-15-18-10-7-9-16(2)23(18)27-21/h7,9-10,15,17,20,24,27H,6,8,11-14H2,1-5H3,(H,28,31). The lowest BCUT2D eigenvalue weighted by Gasteiger charge is -2.34. The third kappa shape index (κ3) is 5.54. The molecular weight excluding hydrogens is 388 g/mol. The molecule has 2 N–H and O–H groups in total. The van der Waals surface area contributed by atoms with E-state index in [1.807, 2.05) is 31.2 Å². The summed E-state index contributed by atoms with van der Waals surface area (Å²) in [6.07, 6.45) is 5.16. The number of amides is 2. The Morgan fingerprint density at radius 3 is 2.77 bits per heavy atom. The maximum Gasteiger partial charge on any atom is 0.268 e. The summed E-state index contributed by atoms with van der Waals surface area (Å²) >= 11 is 0. The van der Waals surface area contributed by atoms with E-state index in [9.17, 15) is 9.59 Å². The summed E-state index contributed by atoms with van der Waals surface area (Å²) in [5.74, 6) is 0.301.